The minimum absolute atomic E-state index is 0.123. The van der Waals surface area contributed by atoms with Crippen LogP contribution >= 0.6 is 23.1 Å². The van der Waals surface area contributed by atoms with Crippen molar-refractivity contribution in [3.63, 3.8) is 0 Å². The van der Waals surface area contributed by atoms with Crippen LogP contribution in [0.5, 0.6) is 5.75 Å². The van der Waals surface area contributed by atoms with E-state index in [2.05, 4.69) is 25.5 Å². The Kier molecular flexibility index (Phi) is 4.67. The Balaban J connectivity index is 1.60. The number of thiophene rings is 1. The number of thioether (sulfide) groups is 1. The number of nitrogens with one attached hydrogen (secondary N) is 1. The van der Waals surface area contributed by atoms with E-state index >= 15 is 0 Å². The first-order valence-electron chi connectivity index (χ1n) is 7.86. The summed E-state index contributed by atoms with van der Waals surface area (Å²) in [6.07, 6.45) is 0. The van der Waals surface area contributed by atoms with Gasteiger partial charge in [0.25, 0.3) is 5.56 Å². The monoisotopic (exact) mass is 386 g/mol. The van der Waals surface area contributed by atoms with Crippen molar-refractivity contribution in [3.05, 3.63) is 51.9 Å². The maximum absolute atomic E-state index is 12.1. The van der Waals surface area contributed by atoms with Gasteiger partial charge in [-0.15, -0.1) is 16.4 Å². The first-order valence-corrected chi connectivity index (χ1v) is 9.72. The first kappa shape index (κ1) is 16.7. The molecule has 0 radical (unpaired) electrons. The molecule has 0 fully saturated rings. The van der Waals surface area contributed by atoms with Gasteiger partial charge in [0.15, 0.2) is 0 Å². The van der Waals surface area contributed by atoms with E-state index in [1.165, 1.54) is 23.1 Å². The third kappa shape index (κ3) is 3.20. The van der Waals surface area contributed by atoms with Gasteiger partial charge < -0.3 is 9.72 Å². The minimum Gasteiger partial charge on any atom is -0.492 e. The Bertz CT molecular complexity index is 1100. The van der Waals surface area contributed by atoms with E-state index in [0.29, 0.717) is 39.3 Å². The molecular weight excluding hydrogens is 372 g/mol. The van der Waals surface area contributed by atoms with Gasteiger partial charge in [0.05, 0.1) is 17.9 Å². The molecule has 8 nitrogen and oxygen atoms in total. The molecule has 0 aliphatic rings. The van der Waals surface area contributed by atoms with E-state index in [9.17, 15) is 4.79 Å². The molecule has 4 aromatic rings. The summed E-state index contributed by atoms with van der Waals surface area (Å²) >= 11 is 2.77. The quantitative estimate of drug-likeness (QED) is 0.509. The van der Waals surface area contributed by atoms with Crippen LogP contribution in [0.4, 0.5) is 0 Å². The molecule has 0 aliphatic carbocycles. The summed E-state index contributed by atoms with van der Waals surface area (Å²) in [4.78, 5) is 19.4. The topological polar surface area (TPSA) is 98.6 Å². The predicted octanol–water partition coefficient (Wildman–Crippen LogP) is 2.65. The third-order valence-corrected chi connectivity index (χ3v) is 5.37. The SMILES string of the molecule is CCOc1ccccc1-n1nnnc1SCc1nc2ccsc2c(=O)[nH]1. The third-order valence-electron chi connectivity index (χ3n) is 3.54. The van der Waals surface area contributed by atoms with Crippen LogP contribution in [0.15, 0.2) is 45.7 Å². The molecule has 10 heteroatoms. The Hall–Kier alpha value is -2.72. The standard InChI is InChI=1S/C16H14N6O2S2/c1-2-24-12-6-4-3-5-11(12)22-16(19-20-21-22)26-9-13-17-10-7-8-25-14(10)15(23)18-13/h3-8H,2,9H2,1H3,(H,17,18,23). The maximum atomic E-state index is 12.1. The minimum atomic E-state index is -0.123. The van der Waals surface area contributed by atoms with Crippen LogP contribution in [-0.4, -0.2) is 36.8 Å². The highest BCUT2D eigenvalue weighted by Crippen LogP contribution is 2.27. The molecule has 0 spiro atoms. The van der Waals surface area contributed by atoms with Crippen LogP contribution in [0, 0.1) is 0 Å². The zero-order valence-electron chi connectivity index (χ0n) is 13.7. The summed E-state index contributed by atoms with van der Waals surface area (Å²) in [6.45, 7) is 2.47. The van der Waals surface area contributed by atoms with Crippen LogP contribution in [0.3, 0.4) is 0 Å². The molecule has 0 saturated heterocycles. The highest BCUT2D eigenvalue weighted by atomic mass is 32.2. The summed E-state index contributed by atoms with van der Waals surface area (Å²) < 4.78 is 7.90. The van der Waals surface area contributed by atoms with Crippen molar-refractivity contribution in [2.24, 2.45) is 0 Å². The molecule has 0 atom stereocenters. The summed E-state index contributed by atoms with van der Waals surface area (Å²) in [7, 11) is 0. The molecule has 0 aliphatic heterocycles. The molecule has 1 aromatic carbocycles. The molecular formula is C16H14N6O2S2. The van der Waals surface area contributed by atoms with E-state index in [1.807, 2.05) is 42.6 Å². The van der Waals surface area contributed by atoms with Gasteiger partial charge in [0.2, 0.25) is 5.16 Å². The number of nitrogens with zero attached hydrogens (tertiary/aromatic N) is 5. The number of hydrogen-bond donors (Lipinski definition) is 1. The van der Waals surface area contributed by atoms with Gasteiger partial charge in [-0.05, 0) is 40.9 Å². The second-order valence-corrected chi connectivity index (χ2v) is 7.07. The van der Waals surface area contributed by atoms with Crippen molar-refractivity contribution < 1.29 is 4.74 Å². The van der Waals surface area contributed by atoms with Gasteiger partial charge in [-0.1, -0.05) is 23.9 Å². The lowest BCUT2D eigenvalue weighted by Crippen LogP contribution is -2.10. The fourth-order valence-electron chi connectivity index (χ4n) is 2.45. The van der Waals surface area contributed by atoms with E-state index in [4.69, 9.17) is 4.74 Å². The van der Waals surface area contributed by atoms with E-state index in [-0.39, 0.29) is 5.56 Å². The number of rotatable bonds is 6. The number of aromatic nitrogens is 6. The van der Waals surface area contributed by atoms with Crippen molar-refractivity contribution in [2.75, 3.05) is 6.61 Å². The van der Waals surface area contributed by atoms with E-state index in [1.54, 1.807) is 4.68 Å². The number of benzene rings is 1. The summed E-state index contributed by atoms with van der Waals surface area (Å²) in [5.41, 5.74) is 1.34. The molecule has 0 bridgehead atoms. The van der Waals surface area contributed by atoms with Crippen LogP contribution < -0.4 is 10.3 Å². The number of ether oxygens (including phenoxy) is 1. The van der Waals surface area contributed by atoms with Crippen molar-refractivity contribution in [3.8, 4) is 11.4 Å². The van der Waals surface area contributed by atoms with Gasteiger partial charge >= 0.3 is 0 Å². The lowest BCUT2D eigenvalue weighted by Gasteiger charge is -2.10. The second kappa shape index (κ2) is 7.26. The lowest BCUT2D eigenvalue weighted by atomic mass is 10.3. The van der Waals surface area contributed by atoms with Crippen LogP contribution in [0.1, 0.15) is 12.7 Å². The van der Waals surface area contributed by atoms with Crippen molar-refractivity contribution >= 4 is 33.3 Å². The van der Waals surface area contributed by atoms with Crippen LogP contribution in [0.25, 0.3) is 15.9 Å². The van der Waals surface area contributed by atoms with Crippen LogP contribution in [-0.2, 0) is 5.75 Å². The number of tetrazole rings is 1. The molecule has 0 amide bonds. The average Bonchev–Trinajstić information content (AvgIpc) is 3.30. The van der Waals surface area contributed by atoms with Gasteiger partial charge in [-0.3, -0.25) is 4.79 Å². The highest BCUT2D eigenvalue weighted by molar-refractivity contribution is 7.98. The van der Waals surface area contributed by atoms with Gasteiger partial charge in [0.1, 0.15) is 22.0 Å². The largest absolute Gasteiger partial charge is 0.492 e. The molecule has 0 saturated carbocycles. The average molecular weight is 386 g/mol. The van der Waals surface area contributed by atoms with Gasteiger partial charge in [-0.2, -0.15) is 4.68 Å². The lowest BCUT2D eigenvalue weighted by molar-refractivity contribution is 0.337. The predicted molar refractivity (Wildman–Crippen MR) is 100 cm³/mol. The summed E-state index contributed by atoms with van der Waals surface area (Å²) in [5.74, 6) is 1.73. The number of aromatic amines is 1. The maximum Gasteiger partial charge on any atom is 0.268 e. The molecule has 132 valence electrons. The van der Waals surface area contributed by atoms with Gasteiger partial charge in [-0.25, -0.2) is 4.98 Å². The van der Waals surface area contributed by atoms with Crippen molar-refractivity contribution in [1.29, 1.82) is 0 Å². The fourth-order valence-corrected chi connectivity index (χ4v) is 3.93. The molecule has 1 N–H and O–H groups in total. The fraction of sp³-hybridized carbons (Fsp3) is 0.188. The normalized spacial score (nSPS) is 11.1. The Labute approximate surface area is 156 Å². The molecule has 4 rings (SSSR count). The number of fused-ring (bicyclic) bond motifs is 1. The smallest absolute Gasteiger partial charge is 0.268 e. The second-order valence-electron chi connectivity index (χ2n) is 5.21. The molecule has 26 heavy (non-hydrogen) atoms. The summed E-state index contributed by atoms with van der Waals surface area (Å²) in [5, 5.41) is 14.4. The van der Waals surface area contributed by atoms with E-state index < -0.39 is 0 Å². The summed E-state index contributed by atoms with van der Waals surface area (Å²) in [6, 6.07) is 9.40. The first-order chi connectivity index (χ1) is 12.8. The number of H-pyrrole nitrogens is 1. The Morgan fingerprint density at radius 3 is 3.08 bits per heavy atom. The molecule has 3 aromatic heterocycles. The number of hydrogen-bond acceptors (Lipinski definition) is 8. The van der Waals surface area contributed by atoms with Crippen molar-refractivity contribution in [2.45, 2.75) is 17.8 Å². The Morgan fingerprint density at radius 1 is 1.31 bits per heavy atom. The highest BCUT2D eigenvalue weighted by Gasteiger charge is 2.14. The molecule has 3 heterocycles. The zero-order chi connectivity index (χ0) is 17.9. The zero-order valence-corrected chi connectivity index (χ0v) is 15.4. The van der Waals surface area contributed by atoms with Crippen molar-refractivity contribution in [1.82, 2.24) is 30.2 Å². The molecule has 0 unspecified atom stereocenters. The Morgan fingerprint density at radius 2 is 2.19 bits per heavy atom. The van der Waals surface area contributed by atoms with E-state index in [0.717, 1.165) is 5.69 Å². The number of para-hydroxylation sites is 2. The van der Waals surface area contributed by atoms with Crippen LogP contribution in [0.2, 0.25) is 0 Å². The van der Waals surface area contributed by atoms with Gasteiger partial charge in [0, 0.05) is 0 Å².